The molecule has 0 radical (unpaired) electrons. The Bertz CT molecular complexity index is 395. The van der Waals surface area contributed by atoms with Gasteiger partial charge in [-0.15, -0.1) is 0 Å². The molecule has 1 unspecified atom stereocenters. The highest BCUT2D eigenvalue weighted by Gasteiger charge is 2.25. The van der Waals surface area contributed by atoms with Crippen LogP contribution in [0.2, 0.25) is 0 Å². The van der Waals surface area contributed by atoms with E-state index in [9.17, 15) is 4.79 Å². The quantitative estimate of drug-likeness (QED) is 0.742. The highest BCUT2D eigenvalue weighted by atomic mass is 16.1. The third kappa shape index (κ3) is 1.59. The van der Waals surface area contributed by atoms with Gasteiger partial charge in [-0.1, -0.05) is 0 Å². The summed E-state index contributed by atoms with van der Waals surface area (Å²) in [5, 5.41) is 0. The summed E-state index contributed by atoms with van der Waals surface area (Å²) in [5.41, 5.74) is 6.97. The molecule has 0 bridgehead atoms. The fraction of sp³-hybridized carbons (Fsp3) is 0.636. The average molecular weight is 207 g/mol. The SMILES string of the molecule is Cc1nc2n(c1C(=O)CN)C(C)CCC2. The van der Waals surface area contributed by atoms with Gasteiger partial charge in [0.25, 0.3) is 0 Å². The van der Waals surface area contributed by atoms with Gasteiger partial charge >= 0.3 is 0 Å². The lowest BCUT2D eigenvalue weighted by atomic mass is 10.1. The van der Waals surface area contributed by atoms with Crippen LogP contribution in [0.5, 0.6) is 0 Å². The summed E-state index contributed by atoms with van der Waals surface area (Å²) in [7, 11) is 0. The summed E-state index contributed by atoms with van der Waals surface area (Å²) in [5.74, 6) is 1.04. The largest absolute Gasteiger partial charge is 0.324 e. The van der Waals surface area contributed by atoms with Crippen LogP contribution in [0, 0.1) is 6.92 Å². The molecule has 0 aliphatic carbocycles. The lowest BCUT2D eigenvalue weighted by Gasteiger charge is -2.23. The first-order valence-electron chi connectivity index (χ1n) is 5.46. The van der Waals surface area contributed by atoms with Crippen molar-refractivity contribution in [3.05, 3.63) is 17.2 Å². The molecule has 2 heterocycles. The van der Waals surface area contributed by atoms with Crippen LogP contribution in [-0.4, -0.2) is 21.9 Å². The molecule has 0 aromatic carbocycles. The van der Waals surface area contributed by atoms with Gasteiger partial charge in [0.1, 0.15) is 11.5 Å². The van der Waals surface area contributed by atoms with Crippen molar-refractivity contribution in [3.63, 3.8) is 0 Å². The van der Waals surface area contributed by atoms with Gasteiger partial charge in [-0.3, -0.25) is 4.79 Å². The van der Waals surface area contributed by atoms with E-state index in [2.05, 4.69) is 16.5 Å². The van der Waals surface area contributed by atoms with Crippen LogP contribution in [0.25, 0.3) is 0 Å². The molecule has 0 amide bonds. The summed E-state index contributed by atoms with van der Waals surface area (Å²) in [6.07, 6.45) is 3.25. The predicted molar refractivity (Wildman–Crippen MR) is 58.0 cm³/mol. The maximum Gasteiger partial charge on any atom is 0.194 e. The van der Waals surface area contributed by atoms with Gasteiger partial charge in [0, 0.05) is 12.5 Å². The number of carbonyl (C=O) groups is 1. The van der Waals surface area contributed by atoms with Crippen LogP contribution in [0.15, 0.2) is 0 Å². The second kappa shape index (κ2) is 3.77. The molecule has 0 fully saturated rings. The van der Waals surface area contributed by atoms with E-state index in [1.54, 1.807) is 0 Å². The Morgan fingerprint density at radius 1 is 1.67 bits per heavy atom. The van der Waals surface area contributed by atoms with Gasteiger partial charge in [0.15, 0.2) is 5.78 Å². The van der Waals surface area contributed by atoms with Crippen molar-refractivity contribution in [1.82, 2.24) is 9.55 Å². The molecule has 0 saturated carbocycles. The number of nitrogens with two attached hydrogens (primary N) is 1. The van der Waals surface area contributed by atoms with Crippen LogP contribution in [0.1, 0.15) is 47.8 Å². The lowest BCUT2D eigenvalue weighted by Crippen LogP contribution is -2.23. The highest BCUT2D eigenvalue weighted by molar-refractivity contribution is 5.97. The zero-order chi connectivity index (χ0) is 11.0. The Balaban J connectivity index is 2.54. The molecule has 4 heteroatoms. The molecule has 15 heavy (non-hydrogen) atoms. The number of fused-ring (bicyclic) bond motifs is 1. The maximum absolute atomic E-state index is 11.7. The van der Waals surface area contributed by atoms with Crippen molar-refractivity contribution in [1.29, 1.82) is 0 Å². The lowest BCUT2D eigenvalue weighted by molar-refractivity contribution is 0.0988. The third-order valence-electron chi connectivity index (χ3n) is 3.07. The number of nitrogens with zero attached hydrogens (tertiary/aromatic N) is 2. The maximum atomic E-state index is 11.7. The number of hydrogen-bond acceptors (Lipinski definition) is 3. The van der Waals surface area contributed by atoms with E-state index >= 15 is 0 Å². The van der Waals surface area contributed by atoms with Crippen molar-refractivity contribution >= 4 is 5.78 Å². The first kappa shape index (κ1) is 10.4. The summed E-state index contributed by atoms with van der Waals surface area (Å²) in [4.78, 5) is 16.2. The minimum Gasteiger partial charge on any atom is -0.324 e. The number of imidazole rings is 1. The van der Waals surface area contributed by atoms with Crippen LogP contribution in [-0.2, 0) is 6.42 Å². The molecule has 2 rings (SSSR count). The molecule has 1 aromatic rings. The molecule has 1 aliphatic rings. The number of rotatable bonds is 2. The van der Waals surface area contributed by atoms with E-state index < -0.39 is 0 Å². The molecule has 82 valence electrons. The third-order valence-corrected chi connectivity index (χ3v) is 3.07. The Labute approximate surface area is 89.5 Å². The number of hydrogen-bond donors (Lipinski definition) is 1. The Morgan fingerprint density at radius 2 is 2.40 bits per heavy atom. The van der Waals surface area contributed by atoms with Crippen LogP contribution < -0.4 is 5.73 Å². The second-order valence-electron chi connectivity index (χ2n) is 4.20. The number of ketones is 1. The van der Waals surface area contributed by atoms with Crippen molar-refractivity contribution in [2.75, 3.05) is 6.54 Å². The summed E-state index contributed by atoms with van der Waals surface area (Å²) >= 11 is 0. The van der Waals surface area contributed by atoms with Gasteiger partial charge in [0.2, 0.25) is 0 Å². The van der Waals surface area contributed by atoms with Crippen LogP contribution >= 0.6 is 0 Å². The minimum atomic E-state index is -0.000000000000000222. The first-order chi connectivity index (χ1) is 7.15. The minimum absolute atomic E-state index is 0.000000000000000222. The smallest absolute Gasteiger partial charge is 0.194 e. The summed E-state index contributed by atoms with van der Waals surface area (Å²) < 4.78 is 2.08. The molecule has 1 aliphatic heterocycles. The molecular formula is C11H17N3O. The van der Waals surface area contributed by atoms with Crippen molar-refractivity contribution in [3.8, 4) is 0 Å². The van der Waals surface area contributed by atoms with Gasteiger partial charge in [0.05, 0.1) is 12.2 Å². The monoisotopic (exact) mass is 207 g/mol. The molecule has 2 N–H and O–H groups in total. The topological polar surface area (TPSA) is 60.9 Å². The van der Waals surface area contributed by atoms with E-state index in [1.165, 1.54) is 0 Å². The fourth-order valence-electron chi connectivity index (χ4n) is 2.37. The van der Waals surface area contributed by atoms with E-state index in [1.807, 2.05) is 6.92 Å². The zero-order valence-corrected chi connectivity index (χ0v) is 9.29. The van der Waals surface area contributed by atoms with E-state index in [0.717, 1.165) is 36.5 Å². The summed E-state index contributed by atoms with van der Waals surface area (Å²) in [6, 6.07) is 0.375. The van der Waals surface area contributed by atoms with E-state index in [4.69, 9.17) is 5.73 Å². The average Bonchev–Trinajstić information content (AvgIpc) is 2.55. The van der Waals surface area contributed by atoms with Gasteiger partial charge in [-0.05, 0) is 26.7 Å². The zero-order valence-electron chi connectivity index (χ0n) is 9.29. The summed E-state index contributed by atoms with van der Waals surface area (Å²) in [6.45, 7) is 4.09. The number of carbonyl (C=O) groups excluding carboxylic acids is 1. The Kier molecular flexibility index (Phi) is 2.61. The van der Waals surface area contributed by atoms with Crippen LogP contribution in [0.3, 0.4) is 0 Å². The second-order valence-corrected chi connectivity index (χ2v) is 4.20. The van der Waals surface area contributed by atoms with Gasteiger partial charge < -0.3 is 10.3 Å². The van der Waals surface area contributed by atoms with E-state index in [-0.39, 0.29) is 12.3 Å². The van der Waals surface area contributed by atoms with Crippen molar-refractivity contribution in [2.45, 2.75) is 39.2 Å². The Morgan fingerprint density at radius 3 is 3.07 bits per heavy atom. The molecule has 0 saturated heterocycles. The molecular weight excluding hydrogens is 190 g/mol. The van der Waals surface area contributed by atoms with Crippen LogP contribution in [0.4, 0.5) is 0 Å². The predicted octanol–water partition coefficient (Wildman–Crippen LogP) is 1.23. The van der Waals surface area contributed by atoms with Crippen molar-refractivity contribution in [2.24, 2.45) is 5.73 Å². The molecule has 1 aromatic heterocycles. The fourth-order valence-corrected chi connectivity index (χ4v) is 2.37. The molecule has 1 atom stereocenters. The van der Waals surface area contributed by atoms with Gasteiger partial charge in [-0.25, -0.2) is 4.98 Å². The number of aromatic nitrogens is 2. The number of aryl methyl sites for hydroxylation is 2. The highest BCUT2D eigenvalue weighted by Crippen LogP contribution is 2.27. The molecule has 4 nitrogen and oxygen atoms in total. The Hall–Kier alpha value is -1.16. The molecule has 0 spiro atoms. The first-order valence-corrected chi connectivity index (χ1v) is 5.46. The standard InChI is InChI=1S/C11H17N3O/c1-7-4-3-5-10-13-8(2)11(14(7)10)9(15)6-12/h7H,3-6,12H2,1-2H3. The normalized spacial score (nSPS) is 20.1. The van der Waals surface area contributed by atoms with E-state index in [0.29, 0.717) is 6.04 Å². The van der Waals surface area contributed by atoms with Gasteiger partial charge in [-0.2, -0.15) is 0 Å². The number of Topliss-reactive ketones (excluding diaryl/α,β-unsaturated/α-hetero) is 1. The van der Waals surface area contributed by atoms with Crippen molar-refractivity contribution < 1.29 is 4.79 Å².